The number of carbonyl (C=O) groups excluding carboxylic acids is 1. The molecule has 22 heavy (non-hydrogen) atoms. The highest BCUT2D eigenvalue weighted by atomic mass is 16.1. The predicted octanol–water partition coefficient (Wildman–Crippen LogP) is 4.40. The summed E-state index contributed by atoms with van der Waals surface area (Å²) in [4.78, 5) is 10.2. The van der Waals surface area contributed by atoms with Crippen LogP contribution in [0.1, 0.15) is 95.7 Å². The summed E-state index contributed by atoms with van der Waals surface area (Å²) in [7, 11) is 0. The number of carbonyl (C=O) groups is 1. The maximum Gasteiger partial charge on any atom is 0.174 e. The molecule has 0 unspecified atom stereocenters. The van der Waals surface area contributed by atoms with Gasteiger partial charge in [-0.05, 0) is 12.8 Å². The summed E-state index contributed by atoms with van der Waals surface area (Å²) in [5.41, 5.74) is 0. The van der Waals surface area contributed by atoms with Crippen molar-refractivity contribution in [1.82, 2.24) is 20.6 Å². The third-order valence-corrected chi connectivity index (χ3v) is 4.11. The van der Waals surface area contributed by atoms with Crippen LogP contribution in [0.2, 0.25) is 0 Å². The standard InChI is InChI=1S/C17H32N4O/c22-16-14-12-10-8-6-4-2-1-3-5-7-9-11-13-15-17-18-20-21-19-17/h16H,1-15H2,(H,18,19,20,21). The second kappa shape index (κ2) is 14.7. The number of aryl methyl sites for hydroxylation is 1. The summed E-state index contributed by atoms with van der Waals surface area (Å²) in [5.74, 6) is 0.839. The molecule has 0 atom stereocenters. The zero-order chi connectivity index (χ0) is 15.7. The zero-order valence-corrected chi connectivity index (χ0v) is 13.9. The van der Waals surface area contributed by atoms with Crippen molar-refractivity contribution in [2.24, 2.45) is 0 Å². The Morgan fingerprint density at radius 3 is 1.68 bits per heavy atom. The van der Waals surface area contributed by atoms with Crippen LogP contribution in [0.5, 0.6) is 0 Å². The van der Waals surface area contributed by atoms with Crippen molar-refractivity contribution in [2.75, 3.05) is 0 Å². The van der Waals surface area contributed by atoms with Crippen LogP contribution in [0.15, 0.2) is 0 Å². The third-order valence-electron chi connectivity index (χ3n) is 4.11. The molecule has 0 spiro atoms. The second-order valence-electron chi connectivity index (χ2n) is 6.13. The van der Waals surface area contributed by atoms with Gasteiger partial charge in [0.15, 0.2) is 5.82 Å². The molecule has 1 aromatic rings. The predicted molar refractivity (Wildman–Crippen MR) is 88.6 cm³/mol. The lowest BCUT2D eigenvalue weighted by atomic mass is 10.0. The number of hydrogen-bond donors (Lipinski definition) is 1. The Morgan fingerprint density at radius 2 is 1.23 bits per heavy atom. The van der Waals surface area contributed by atoms with Gasteiger partial charge in [-0.1, -0.05) is 75.8 Å². The van der Waals surface area contributed by atoms with Gasteiger partial charge in [-0.25, -0.2) is 0 Å². The highest BCUT2D eigenvalue weighted by molar-refractivity contribution is 5.48. The molecule has 0 aromatic carbocycles. The molecule has 0 aliphatic heterocycles. The van der Waals surface area contributed by atoms with E-state index < -0.39 is 0 Å². The third kappa shape index (κ3) is 11.4. The fourth-order valence-corrected chi connectivity index (χ4v) is 2.74. The number of rotatable bonds is 16. The Morgan fingerprint density at radius 1 is 0.727 bits per heavy atom. The first-order valence-corrected chi connectivity index (χ1v) is 9.09. The highest BCUT2D eigenvalue weighted by Crippen LogP contribution is 2.13. The minimum atomic E-state index is 0.745. The molecule has 1 aromatic heterocycles. The van der Waals surface area contributed by atoms with Crippen LogP contribution in [0, 0.1) is 0 Å². The average Bonchev–Trinajstić information content (AvgIpc) is 3.04. The van der Waals surface area contributed by atoms with Gasteiger partial charge in [-0.3, -0.25) is 0 Å². The molecule has 1 N–H and O–H groups in total. The minimum absolute atomic E-state index is 0.745. The lowest BCUT2D eigenvalue weighted by molar-refractivity contribution is -0.107. The number of tetrazole rings is 1. The van der Waals surface area contributed by atoms with Crippen LogP contribution in [0.4, 0.5) is 0 Å². The summed E-state index contributed by atoms with van der Waals surface area (Å²) in [6.45, 7) is 0. The van der Waals surface area contributed by atoms with E-state index in [4.69, 9.17) is 0 Å². The Labute approximate surface area is 134 Å². The van der Waals surface area contributed by atoms with Crippen LogP contribution in [-0.4, -0.2) is 26.9 Å². The fraction of sp³-hybridized carbons (Fsp3) is 0.882. The van der Waals surface area contributed by atoms with Gasteiger partial charge in [0.1, 0.15) is 6.29 Å². The summed E-state index contributed by atoms with van der Waals surface area (Å²) >= 11 is 0. The van der Waals surface area contributed by atoms with Gasteiger partial charge in [-0.2, -0.15) is 5.21 Å². The maximum atomic E-state index is 10.2. The quantitative estimate of drug-likeness (QED) is 0.363. The molecular formula is C17H32N4O. The second-order valence-corrected chi connectivity index (χ2v) is 6.13. The largest absolute Gasteiger partial charge is 0.303 e. The van der Waals surface area contributed by atoms with E-state index >= 15 is 0 Å². The van der Waals surface area contributed by atoms with Crippen LogP contribution in [0.25, 0.3) is 0 Å². The molecule has 1 rings (SSSR count). The number of hydrogen-bond acceptors (Lipinski definition) is 4. The summed E-state index contributed by atoms with van der Waals surface area (Å²) in [6.07, 6.45) is 19.7. The Balaban J connectivity index is 1.69. The number of nitrogens with one attached hydrogen (secondary N) is 1. The molecular weight excluding hydrogens is 276 g/mol. The molecule has 0 fully saturated rings. The van der Waals surface area contributed by atoms with Crippen molar-refractivity contribution in [1.29, 1.82) is 0 Å². The maximum absolute atomic E-state index is 10.2. The van der Waals surface area contributed by atoms with Gasteiger partial charge in [0.05, 0.1) is 0 Å². The first kappa shape index (κ1) is 18.8. The lowest BCUT2D eigenvalue weighted by Gasteiger charge is -2.02. The van der Waals surface area contributed by atoms with Gasteiger partial charge in [-0.15, -0.1) is 10.2 Å². The SMILES string of the molecule is O=CCCCCCCCCCCCCCCCc1nn[nH]n1. The highest BCUT2D eigenvalue weighted by Gasteiger charge is 1.98. The number of H-pyrrole nitrogens is 1. The van der Waals surface area contributed by atoms with E-state index in [-0.39, 0.29) is 0 Å². The summed E-state index contributed by atoms with van der Waals surface area (Å²) in [6, 6.07) is 0. The topological polar surface area (TPSA) is 71.5 Å². The first-order chi connectivity index (χ1) is 10.9. The van der Waals surface area contributed by atoms with E-state index in [9.17, 15) is 4.79 Å². The molecule has 5 nitrogen and oxygen atoms in total. The number of aromatic amines is 1. The normalized spacial score (nSPS) is 10.9. The number of unbranched alkanes of at least 4 members (excludes halogenated alkanes) is 13. The molecule has 0 saturated carbocycles. The van der Waals surface area contributed by atoms with Crippen molar-refractivity contribution in [3.63, 3.8) is 0 Å². The number of aldehydes is 1. The van der Waals surface area contributed by atoms with Gasteiger partial charge in [0.25, 0.3) is 0 Å². The van der Waals surface area contributed by atoms with Crippen LogP contribution < -0.4 is 0 Å². The molecule has 0 amide bonds. The van der Waals surface area contributed by atoms with Gasteiger partial charge in [0.2, 0.25) is 0 Å². The molecule has 1 heterocycles. The Hall–Kier alpha value is -1.26. The first-order valence-electron chi connectivity index (χ1n) is 9.09. The van der Waals surface area contributed by atoms with E-state index in [2.05, 4.69) is 20.6 Å². The monoisotopic (exact) mass is 308 g/mol. The van der Waals surface area contributed by atoms with E-state index in [0.29, 0.717) is 0 Å². The zero-order valence-electron chi connectivity index (χ0n) is 13.9. The van der Waals surface area contributed by atoms with Gasteiger partial charge in [0, 0.05) is 12.8 Å². The molecule has 126 valence electrons. The van der Waals surface area contributed by atoms with E-state index in [1.54, 1.807) is 0 Å². The average molecular weight is 308 g/mol. The Bertz CT molecular complexity index is 340. The van der Waals surface area contributed by atoms with Crippen LogP contribution in [-0.2, 0) is 11.2 Å². The Kier molecular flexibility index (Phi) is 12.5. The fourth-order valence-electron chi connectivity index (χ4n) is 2.74. The van der Waals surface area contributed by atoms with Crippen molar-refractivity contribution in [2.45, 2.75) is 96.3 Å². The van der Waals surface area contributed by atoms with Crippen molar-refractivity contribution in [3.8, 4) is 0 Å². The molecule has 0 aliphatic rings. The number of aromatic nitrogens is 4. The van der Waals surface area contributed by atoms with Crippen molar-refractivity contribution >= 4 is 6.29 Å². The van der Waals surface area contributed by atoms with E-state index in [0.717, 1.165) is 31.4 Å². The minimum Gasteiger partial charge on any atom is -0.303 e. The molecule has 0 saturated heterocycles. The van der Waals surface area contributed by atoms with Gasteiger partial charge < -0.3 is 4.79 Å². The molecule has 5 heteroatoms. The summed E-state index contributed by atoms with van der Waals surface area (Å²) in [5, 5.41) is 14.0. The van der Waals surface area contributed by atoms with E-state index in [1.807, 2.05) is 0 Å². The van der Waals surface area contributed by atoms with E-state index in [1.165, 1.54) is 77.0 Å². The summed E-state index contributed by atoms with van der Waals surface area (Å²) < 4.78 is 0. The lowest BCUT2D eigenvalue weighted by Crippen LogP contribution is -1.89. The number of nitrogens with zero attached hydrogens (tertiary/aromatic N) is 3. The molecule has 0 radical (unpaired) electrons. The molecule has 0 bridgehead atoms. The van der Waals surface area contributed by atoms with Crippen LogP contribution >= 0.6 is 0 Å². The smallest absolute Gasteiger partial charge is 0.174 e. The van der Waals surface area contributed by atoms with Crippen molar-refractivity contribution in [3.05, 3.63) is 5.82 Å². The van der Waals surface area contributed by atoms with Crippen molar-refractivity contribution < 1.29 is 4.79 Å². The van der Waals surface area contributed by atoms with Crippen LogP contribution in [0.3, 0.4) is 0 Å². The van der Waals surface area contributed by atoms with Gasteiger partial charge >= 0.3 is 0 Å². The molecule has 0 aliphatic carbocycles.